The molecular formula is C44H50N10O4S4. The number of hydrogen-bond donors (Lipinski definition) is 4. The van der Waals surface area contributed by atoms with Gasteiger partial charge in [0.1, 0.15) is 0 Å². The quantitative estimate of drug-likeness (QED) is 0.0861. The number of rotatable bonds is 12. The minimum atomic E-state index is -3.53. The van der Waals surface area contributed by atoms with Crippen molar-refractivity contribution >= 4 is 89.3 Å². The Morgan fingerprint density at radius 1 is 0.645 bits per heavy atom. The van der Waals surface area contributed by atoms with E-state index in [1.165, 1.54) is 67.2 Å². The lowest BCUT2D eigenvalue weighted by Crippen LogP contribution is -2.31. The summed E-state index contributed by atoms with van der Waals surface area (Å²) in [5, 5.41) is 12.4. The summed E-state index contributed by atoms with van der Waals surface area (Å²) < 4.78 is 25.0. The van der Waals surface area contributed by atoms with Gasteiger partial charge in [0.25, 0.3) is 0 Å². The summed E-state index contributed by atoms with van der Waals surface area (Å²) in [6, 6.07) is 18.5. The number of thiazole rings is 2. The van der Waals surface area contributed by atoms with Gasteiger partial charge in [0.2, 0.25) is 0 Å². The zero-order valence-electron chi connectivity index (χ0n) is 34.7. The number of pyridine rings is 2. The first-order valence-electron chi connectivity index (χ1n) is 20.5. The Morgan fingerprint density at radius 3 is 1.68 bits per heavy atom. The summed E-state index contributed by atoms with van der Waals surface area (Å²) in [6.07, 6.45) is 16.9. The third-order valence-electron chi connectivity index (χ3n) is 10.1. The molecule has 8 rings (SSSR count). The maximum absolute atomic E-state index is 12.6. The van der Waals surface area contributed by atoms with E-state index in [4.69, 9.17) is 0 Å². The fourth-order valence-electron chi connectivity index (χ4n) is 7.04. The number of sulfone groups is 1. The van der Waals surface area contributed by atoms with Crippen molar-refractivity contribution in [2.24, 2.45) is 0 Å². The van der Waals surface area contributed by atoms with Gasteiger partial charge in [-0.1, -0.05) is 12.1 Å². The molecule has 0 bridgehead atoms. The molecule has 62 heavy (non-hydrogen) atoms. The van der Waals surface area contributed by atoms with Crippen molar-refractivity contribution in [2.75, 3.05) is 57.2 Å². The van der Waals surface area contributed by atoms with Gasteiger partial charge < -0.3 is 20.4 Å². The summed E-state index contributed by atoms with van der Waals surface area (Å²) in [7, 11) is -3.53. The minimum absolute atomic E-state index is 0.158. The topological polar surface area (TPSA) is 174 Å². The third-order valence-corrected chi connectivity index (χ3v) is 15.0. The number of anilines is 6. The molecule has 6 heterocycles. The van der Waals surface area contributed by atoms with E-state index in [2.05, 4.69) is 70.1 Å². The van der Waals surface area contributed by atoms with Crippen molar-refractivity contribution in [1.29, 1.82) is 0 Å². The Balaban J connectivity index is 0.000000187. The summed E-state index contributed by atoms with van der Waals surface area (Å²) >= 11 is 4.33. The van der Waals surface area contributed by atoms with Crippen LogP contribution in [0, 0.1) is 13.8 Å². The molecule has 2 saturated heterocycles. The predicted molar refractivity (Wildman–Crippen MR) is 253 cm³/mol. The highest BCUT2D eigenvalue weighted by molar-refractivity contribution is 7.98. The second-order valence-electron chi connectivity index (χ2n) is 15.0. The molecule has 4 amide bonds. The van der Waals surface area contributed by atoms with Crippen LogP contribution in [0.5, 0.6) is 0 Å². The monoisotopic (exact) mass is 910 g/mol. The molecule has 2 aliphatic heterocycles. The number of nitrogens with one attached hydrogen (secondary N) is 4. The molecule has 2 fully saturated rings. The van der Waals surface area contributed by atoms with Crippen molar-refractivity contribution in [3.05, 3.63) is 119 Å². The Kier molecular flexibility index (Phi) is 15.4. The lowest BCUT2D eigenvalue weighted by molar-refractivity contribution is 0.261. The number of carbonyl (C=O) groups excluding carboxylic acids is 2. The zero-order valence-corrected chi connectivity index (χ0v) is 37.9. The molecule has 0 saturated carbocycles. The van der Waals surface area contributed by atoms with Gasteiger partial charge in [-0.2, -0.15) is 0 Å². The zero-order chi connectivity index (χ0) is 43.3. The van der Waals surface area contributed by atoms with Crippen LogP contribution in [0.3, 0.4) is 0 Å². The van der Waals surface area contributed by atoms with E-state index < -0.39 is 15.9 Å². The van der Waals surface area contributed by atoms with Crippen molar-refractivity contribution in [3.8, 4) is 0 Å². The fourth-order valence-corrected chi connectivity index (χ4v) is 11.2. The molecule has 0 unspecified atom stereocenters. The molecule has 2 aromatic carbocycles. The van der Waals surface area contributed by atoms with Crippen LogP contribution in [-0.2, 0) is 21.3 Å². The number of carbonyl (C=O) groups is 2. The molecule has 4 N–H and O–H groups in total. The number of piperidine rings is 2. The van der Waals surface area contributed by atoms with Gasteiger partial charge in [-0.05, 0) is 112 Å². The van der Waals surface area contributed by atoms with Crippen molar-refractivity contribution in [1.82, 2.24) is 19.9 Å². The SMILES string of the molecule is Cc1ccc(NC(=O)Nc2ncc(CS(=O)(=O)c3cccnc3)s2)c(N2CCCCC2)c1.Cc1ccc(NC(=O)Nc2ncc(CSc3cccnc3)s2)c(N2CCCCC2)c1. The second kappa shape index (κ2) is 21.5. The summed E-state index contributed by atoms with van der Waals surface area (Å²) in [6.45, 7) is 8.13. The van der Waals surface area contributed by atoms with Crippen molar-refractivity contribution in [3.63, 3.8) is 0 Å². The third kappa shape index (κ3) is 12.7. The number of aryl methyl sites for hydroxylation is 2. The van der Waals surface area contributed by atoms with Crippen LogP contribution >= 0.6 is 34.4 Å². The molecule has 0 atom stereocenters. The highest BCUT2D eigenvalue weighted by Gasteiger charge is 2.20. The Labute approximate surface area is 375 Å². The molecule has 18 heteroatoms. The molecule has 14 nitrogen and oxygen atoms in total. The Hall–Kier alpha value is -5.56. The molecular weight excluding hydrogens is 861 g/mol. The first-order chi connectivity index (χ1) is 30.1. The van der Waals surface area contributed by atoms with Crippen LogP contribution in [0.25, 0.3) is 0 Å². The smallest absolute Gasteiger partial charge is 0.325 e. The molecule has 6 aromatic rings. The van der Waals surface area contributed by atoms with E-state index in [1.807, 2.05) is 55.7 Å². The van der Waals surface area contributed by atoms with E-state index in [0.717, 1.165) is 94.2 Å². The number of benzene rings is 2. The van der Waals surface area contributed by atoms with Gasteiger partial charge in [-0.25, -0.2) is 28.0 Å². The van der Waals surface area contributed by atoms with E-state index in [0.29, 0.717) is 15.1 Å². The van der Waals surface area contributed by atoms with Gasteiger partial charge >= 0.3 is 12.1 Å². The predicted octanol–water partition coefficient (Wildman–Crippen LogP) is 10.2. The summed E-state index contributed by atoms with van der Waals surface area (Å²) in [5.41, 5.74) is 6.02. The van der Waals surface area contributed by atoms with E-state index in [9.17, 15) is 18.0 Å². The molecule has 324 valence electrons. The lowest BCUT2D eigenvalue weighted by Gasteiger charge is -2.30. The number of amides is 4. The van der Waals surface area contributed by atoms with Gasteiger partial charge in [-0.15, -0.1) is 34.4 Å². The average Bonchev–Trinajstić information content (AvgIpc) is 3.93. The van der Waals surface area contributed by atoms with Crippen LogP contribution in [0.15, 0.2) is 108 Å². The minimum Gasteiger partial charge on any atom is -0.370 e. The molecule has 2 aliphatic rings. The number of nitrogens with zero attached hydrogens (tertiary/aromatic N) is 6. The number of hydrogen-bond acceptors (Lipinski definition) is 13. The van der Waals surface area contributed by atoms with Crippen LogP contribution < -0.4 is 31.1 Å². The van der Waals surface area contributed by atoms with Crippen LogP contribution in [0.2, 0.25) is 0 Å². The highest BCUT2D eigenvalue weighted by atomic mass is 32.2. The van der Waals surface area contributed by atoms with Gasteiger partial charge in [0.15, 0.2) is 20.1 Å². The van der Waals surface area contributed by atoms with Crippen molar-refractivity contribution in [2.45, 2.75) is 73.7 Å². The summed E-state index contributed by atoms with van der Waals surface area (Å²) in [4.78, 5) is 49.3. The van der Waals surface area contributed by atoms with Crippen molar-refractivity contribution < 1.29 is 18.0 Å². The second-order valence-corrected chi connectivity index (χ2v) is 20.3. The first kappa shape index (κ1) is 44.5. The number of thioether (sulfide) groups is 1. The lowest BCUT2D eigenvalue weighted by atomic mass is 10.1. The normalized spacial score (nSPS) is 14.0. The highest BCUT2D eigenvalue weighted by Crippen LogP contribution is 2.32. The summed E-state index contributed by atoms with van der Waals surface area (Å²) in [5.74, 6) is 0.598. The first-order valence-corrected chi connectivity index (χ1v) is 24.8. The fraction of sp³-hybridized carbons (Fsp3) is 0.318. The van der Waals surface area contributed by atoms with E-state index in [-0.39, 0.29) is 16.7 Å². The molecule has 0 aliphatic carbocycles. The maximum Gasteiger partial charge on any atom is 0.325 e. The Bertz CT molecular complexity index is 2530. The standard InChI is InChI=1S/C22H25N5O3S2.C22H25N5OS2/c1-16-7-8-19(20(12-16)27-10-3-2-4-11-27)25-21(28)26-22-24-13-17(31-22)15-32(29,30)18-6-5-9-23-14-18;1-16-7-8-19(20(12-16)27-10-3-2-4-11-27)25-21(28)26-22-24-14-18(30-22)15-29-17-6-5-9-23-13-17/h5-9,12-14H,2-4,10-11,15H2,1H3,(H2,24,25,26,28);5-9,12-14H,2-4,10-11,15H2,1H3,(H2,24,25,26,28). The average molecular weight is 911 g/mol. The molecule has 0 radical (unpaired) electrons. The Morgan fingerprint density at radius 2 is 1.16 bits per heavy atom. The van der Waals surface area contributed by atoms with E-state index in [1.54, 1.807) is 24.0 Å². The van der Waals surface area contributed by atoms with Gasteiger partial charge in [0, 0.05) is 83.8 Å². The van der Waals surface area contributed by atoms with Crippen LogP contribution in [0.1, 0.15) is 59.4 Å². The number of aromatic nitrogens is 4. The largest absolute Gasteiger partial charge is 0.370 e. The van der Waals surface area contributed by atoms with E-state index >= 15 is 0 Å². The molecule has 0 spiro atoms. The van der Waals surface area contributed by atoms with Gasteiger partial charge in [-0.3, -0.25) is 20.6 Å². The van der Waals surface area contributed by atoms with Gasteiger partial charge in [0.05, 0.1) is 33.4 Å². The maximum atomic E-state index is 12.6. The molecule has 4 aromatic heterocycles. The van der Waals surface area contributed by atoms with Crippen LogP contribution in [0.4, 0.5) is 42.6 Å². The number of urea groups is 2. The van der Waals surface area contributed by atoms with Crippen LogP contribution in [-0.4, -0.2) is 66.6 Å².